The molecule has 1 aliphatic heterocycles. The summed E-state index contributed by atoms with van der Waals surface area (Å²) in [6, 6.07) is 11.4. The molecule has 1 amide bonds. The number of anilines is 1. The minimum atomic E-state index is -0.611. The Hall–Kier alpha value is -3.42. The molecular weight excluding hydrogens is 490 g/mol. The minimum Gasteiger partial charge on any atom is -0.374 e. The third kappa shape index (κ3) is 4.49. The molecular formula is C26H21Cl2FN4O2. The predicted octanol–water partition coefficient (Wildman–Crippen LogP) is 5.59. The number of benzene rings is 2. The molecule has 2 aromatic heterocycles. The highest BCUT2D eigenvalue weighted by molar-refractivity contribution is 6.35. The number of aromatic amines is 1. The van der Waals surface area contributed by atoms with Gasteiger partial charge in [0.25, 0.3) is 5.56 Å². The molecule has 1 atom stereocenters. The molecule has 178 valence electrons. The lowest BCUT2D eigenvalue weighted by Crippen LogP contribution is -2.42. The fourth-order valence-electron chi connectivity index (χ4n) is 4.62. The summed E-state index contributed by atoms with van der Waals surface area (Å²) in [7, 11) is 0. The SMILES string of the molecule is CC1c2c(Cl)cc(Cl)cc2CCN1C(=O)CNc1cc2cc(-c3cccnc3)[nH]c(=O)c2cc1F. The molecule has 0 aliphatic carbocycles. The predicted molar refractivity (Wildman–Crippen MR) is 137 cm³/mol. The van der Waals surface area contributed by atoms with Crippen molar-refractivity contribution in [2.75, 3.05) is 18.4 Å². The van der Waals surface area contributed by atoms with Gasteiger partial charge in [-0.15, -0.1) is 0 Å². The van der Waals surface area contributed by atoms with Crippen LogP contribution >= 0.6 is 23.2 Å². The summed E-state index contributed by atoms with van der Waals surface area (Å²) >= 11 is 12.5. The van der Waals surface area contributed by atoms with E-state index in [9.17, 15) is 14.0 Å². The van der Waals surface area contributed by atoms with E-state index < -0.39 is 11.4 Å². The van der Waals surface area contributed by atoms with Gasteiger partial charge in [-0.2, -0.15) is 0 Å². The number of carbonyl (C=O) groups excluding carboxylic acids is 1. The Kier molecular flexibility index (Phi) is 6.21. The van der Waals surface area contributed by atoms with Crippen molar-refractivity contribution in [2.45, 2.75) is 19.4 Å². The molecule has 0 bridgehead atoms. The lowest BCUT2D eigenvalue weighted by atomic mass is 9.93. The van der Waals surface area contributed by atoms with Crippen LogP contribution in [0, 0.1) is 5.82 Å². The van der Waals surface area contributed by atoms with Crippen LogP contribution < -0.4 is 10.9 Å². The highest BCUT2D eigenvalue weighted by atomic mass is 35.5. The normalized spacial score (nSPS) is 15.2. The second-order valence-corrected chi connectivity index (χ2v) is 9.34. The van der Waals surface area contributed by atoms with Gasteiger partial charge in [0, 0.05) is 34.5 Å². The van der Waals surface area contributed by atoms with Crippen LogP contribution in [0.15, 0.2) is 59.7 Å². The first kappa shape index (κ1) is 23.3. The molecule has 0 spiro atoms. The molecule has 9 heteroatoms. The van der Waals surface area contributed by atoms with Gasteiger partial charge in [0.05, 0.1) is 29.4 Å². The number of nitrogens with zero attached hydrogens (tertiary/aromatic N) is 2. The lowest BCUT2D eigenvalue weighted by Gasteiger charge is -2.36. The van der Waals surface area contributed by atoms with Gasteiger partial charge in [-0.25, -0.2) is 4.39 Å². The number of hydrogen-bond donors (Lipinski definition) is 2. The number of aromatic nitrogens is 2. The smallest absolute Gasteiger partial charge is 0.256 e. The number of halogens is 3. The zero-order valence-electron chi connectivity index (χ0n) is 18.7. The summed E-state index contributed by atoms with van der Waals surface area (Å²) < 4.78 is 14.8. The molecule has 0 fully saturated rings. The second kappa shape index (κ2) is 9.32. The topological polar surface area (TPSA) is 78.1 Å². The van der Waals surface area contributed by atoms with E-state index in [2.05, 4.69) is 15.3 Å². The number of nitrogens with one attached hydrogen (secondary N) is 2. The average Bonchev–Trinajstić information content (AvgIpc) is 2.83. The van der Waals surface area contributed by atoms with Crippen molar-refractivity contribution < 1.29 is 9.18 Å². The fraction of sp³-hybridized carbons (Fsp3) is 0.192. The summed E-state index contributed by atoms with van der Waals surface area (Å²) in [4.78, 5) is 34.2. The van der Waals surface area contributed by atoms with Crippen molar-refractivity contribution in [1.29, 1.82) is 0 Å². The molecule has 2 N–H and O–H groups in total. The highest BCUT2D eigenvalue weighted by Gasteiger charge is 2.29. The summed E-state index contributed by atoms with van der Waals surface area (Å²) in [5, 5.41) is 4.77. The van der Waals surface area contributed by atoms with E-state index in [1.807, 2.05) is 19.1 Å². The first-order valence-corrected chi connectivity index (χ1v) is 11.9. The number of carbonyl (C=O) groups is 1. The molecule has 4 aromatic rings. The number of hydrogen-bond acceptors (Lipinski definition) is 4. The van der Waals surface area contributed by atoms with Crippen molar-refractivity contribution in [2.24, 2.45) is 0 Å². The van der Waals surface area contributed by atoms with E-state index >= 15 is 0 Å². The van der Waals surface area contributed by atoms with Crippen LogP contribution in [0.2, 0.25) is 10.0 Å². The van der Waals surface area contributed by atoms with E-state index in [0.717, 1.165) is 16.7 Å². The van der Waals surface area contributed by atoms with Crippen LogP contribution in [0.25, 0.3) is 22.0 Å². The van der Waals surface area contributed by atoms with E-state index in [4.69, 9.17) is 23.2 Å². The molecule has 1 unspecified atom stereocenters. The number of fused-ring (bicyclic) bond motifs is 2. The van der Waals surface area contributed by atoms with E-state index in [1.165, 1.54) is 6.07 Å². The average molecular weight is 511 g/mol. The Morgan fingerprint density at radius 2 is 2.09 bits per heavy atom. The third-order valence-corrected chi connectivity index (χ3v) is 6.87. The van der Waals surface area contributed by atoms with Gasteiger partial charge in [-0.1, -0.05) is 23.2 Å². The summed E-state index contributed by atoms with van der Waals surface area (Å²) in [6.07, 6.45) is 3.91. The number of rotatable bonds is 4. The van der Waals surface area contributed by atoms with Crippen LogP contribution in [0.5, 0.6) is 0 Å². The van der Waals surface area contributed by atoms with Crippen LogP contribution in [0.3, 0.4) is 0 Å². The van der Waals surface area contributed by atoms with Crippen LogP contribution in [0.1, 0.15) is 24.1 Å². The Morgan fingerprint density at radius 1 is 1.26 bits per heavy atom. The Bertz CT molecular complexity index is 1510. The molecule has 5 rings (SSSR count). The molecule has 6 nitrogen and oxygen atoms in total. The van der Waals surface area contributed by atoms with Gasteiger partial charge in [0.15, 0.2) is 0 Å². The van der Waals surface area contributed by atoms with Gasteiger partial charge in [-0.3, -0.25) is 14.6 Å². The Labute approximate surface area is 210 Å². The van der Waals surface area contributed by atoms with Gasteiger partial charge < -0.3 is 15.2 Å². The molecule has 1 aliphatic rings. The summed E-state index contributed by atoms with van der Waals surface area (Å²) in [6.45, 7) is 2.32. The van der Waals surface area contributed by atoms with Crippen LogP contribution in [-0.4, -0.2) is 33.9 Å². The largest absolute Gasteiger partial charge is 0.374 e. The Balaban J connectivity index is 1.38. The maximum atomic E-state index is 14.8. The first-order chi connectivity index (χ1) is 16.8. The third-order valence-electron chi connectivity index (χ3n) is 6.34. The standard InChI is InChI=1S/C26H21Cl2FN4O2/c1-14-25-15(7-18(27)10-20(25)28)4-6-33(14)24(34)13-31-23-9-17-8-22(16-3-2-5-30-12-16)32-26(35)19(17)11-21(23)29/h2-3,5,7-12,14,31H,4,6,13H2,1H3,(H,32,35). The van der Waals surface area contributed by atoms with Gasteiger partial charge >= 0.3 is 0 Å². The molecule has 0 saturated carbocycles. The van der Waals surface area contributed by atoms with Gasteiger partial charge in [0.2, 0.25) is 5.91 Å². The van der Waals surface area contributed by atoms with Crippen molar-refractivity contribution in [3.8, 4) is 11.3 Å². The zero-order valence-corrected chi connectivity index (χ0v) is 20.3. The van der Waals surface area contributed by atoms with Gasteiger partial charge in [-0.05, 0) is 72.3 Å². The first-order valence-electron chi connectivity index (χ1n) is 11.1. The number of amides is 1. The van der Waals surface area contributed by atoms with E-state index in [0.29, 0.717) is 34.1 Å². The zero-order chi connectivity index (χ0) is 24.7. The lowest BCUT2D eigenvalue weighted by molar-refractivity contribution is -0.131. The monoisotopic (exact) mass is 510 g/mol. The van der Waals surface area contributed by atoms with Crippen LogP contribution in [0.4, 0.5) is 10.1 Å². The van der Waals surface area contributed by atoms with Crippen molar-refractivity contribution >= 4 is 45.6 Å². The Morgan fingerprint density at radius 3 is 2.86 bits per heavy atom. The summed E-state index contributed by atoms with van der Waals surface area (Å²) in [5.41, 5.74) is 2.96. The van der Waals surface area contributed by atoms with Crippen molar-refractivity contribution in [1.82, 2.24) is 14.9 Å². The molecule has 0 radical (unpaired) electrons. The molecule has 2 aromatic carbocycles. The maximum Gasteiger partial charge on any atom is 0.256 e. The van der Waals surface area contributed by atoms with Gasteiger partial charge in [0.1, 0.15) is 5.82 Å². The number of pyridine rings is 2. The molecule has 35 heavy (non-hydrogen) atoms. The number of H-pyrrole nitrogens is 1. The molecule has 0 saturated heterocycles. The quantitative estimate of drug-likeness (QED) is 0.374. The van der Waals surface area contributed by atoms with Crippen LogP contribution in [-0.2, 0) is 11.2 Å². The maximum absolute atomic E-state index is 14.8. The molecule has 3 heterocycles. The van der Waals surface area contributed by atoms with Crippen molar-refractivity contribution in [3.63, 3.8) is 0 Å². The highest BCUT2D eigenvalue weighted by Crippen LogP contribution is 2.37. The fourth-order valence-corrected chi connectivity index (χ4v) is 5.31. The van der Waals surface area contributed by atoms with E-state index in [1.54, 1.807) is 41.6 Å². The van der Waals surface area contributed by atoms with Crippen molar-refractivity contribution in [3.05, 3.63) is 92.2 Å². The van der Waals surface area contributed by atoms with E-state index in [-0.39, 0.29) is 29.6 Å². The minimum absolute atomic E-state index is 0.105. The second-order valence-electron chi connectivity index (χ2n) is 8.50. The summed E-state index contributed by atoms with van der Waals surface area (Å²) in [5.74, 6) is -0.796.